The van der Waals surface area contributed by atoms with E-state index in [0.717, 1.165) is 6.07 Å². The SMILES string of the molecule is Cc1cc(Cl)c(SC(F)(F)F)c([N+](=O)[O-])c1. The molecule has 0 bridgehead atoms. The summed E-state index contributed by atoms with van der Waals surface area (Å²) >= 11 is 4.98. The lowest BCUT2D eigenvalue weighted by molar-refractivity contribution is -0.387. The minimum atomic E-state index is -4.61. The Morgan fingerprint density at radius 2 is 2.00 bits per heavy atom. The first-order valence-electron chi connectivity index (χ1n) is 3.91. The second-order valence-electron chi connectivity index (χ2n) is 2.90. The summed E-state index contributed by atoms with van der Waals surface area (Å²) in [6.45, 7) is 1.51. The number of alkyl halides is 3. The Bertz CT molecular complexity index is 436. The summed E-state index contributed by atoms with van der Waals surface area (Å²) in [5.41, 5.74) is -4.81. The largest absolute Gasteiger partial charge is 0.446 e. The van der Waals surface area contributed by atoms with Crippen LogP contribution in [0.2, 0.25) is 5.02 Å². The quantitative estimate of drug-likeness (QED) is 0.461. The van der Waals surface area contributed by atoms with Gasteiger partial charge in [-0.05, 0) is 30.3 Å². The van der Waals surface area contributed by atoms with Crippen molar-refractivity contribution >= 4 is 29.1 Å². The average Bonchev–Trinajstić information content (AvgIpc) is 2.07. The highest BCUT2D eigenvalue weighted by Gasteiger charge is 2.34. The summed E-state index contributed by atoms with van der Waals surface area (Å²) in [5.74, 6) is 0. The summed E-state index contributed by atoms with van der Waals surface area (Å²) in [4.78, 5) is 9.12. The van der Waals surface area contributed by atoms with Gasteiger partial charge in [0.25, 0.3) is 5.69 Å². The molecule has 16 heavy (non-hydrogen) atoms. The lowest BCUT2D eigenvalue weighted by Crippen LogP contribution is -2.02. The normalized spacial score (nSPS) is 11.6. The van der Waals surface area contributed by atoms with Crippen molar-refractivity contribution < 1.29 is 18.1 Å². The summed E-state index contributed by atoms with van der Waals surface area (Å²) in [7, 11) is 0. The molecular formula is C8H5ClF3NO2S. The van der Waals surface area contributed by atoms with E-state index in [-0.39, 0.29) is 5.02 Å². The zero-order chi connectivity index (χ0) is 12.5. The molecular weight excluding hydrogens is 267 g/mol. The molecule has 88 valence electrons. The van der Waals surface area contributed by atoms with E-state index in [1.165, 1.54) is 13.0 Å². The van der Waals surface area contributed by atoms with E-state index in [1.807, 2.05) is 0 Å². The van der Waals surface area contributed by atoms with Crippen LogP contribution >= 0.6 is 23.4 Å². The fraction of sp³-hybridized carbons (Fsp3) is 0.250. The highest BCUT2D eigenvalue weighted by Crippen LogP contribution is 2.45. The minimum Gasteiger partial charge on any atom is -0.258 e. The number of thioether (sulfide) groups is 1. The molecule has 8 heteroatoms. The number of halogens is 4. The van der Waals surface area contributed by atoms with Crippen molar-refractivity contribution in [3.63, 3.8) is 0 Å². The number of nitrogens with zero attached hydrogens (tertiary/aromatic N) is 1. The Kier molecular flexibility index (Phi) is 3.69. The molecule has 0 N–H and O–H groups in total. The first kappa shape index (κ1) is 13.1. The molecule has 0 amide bonds. The summed E-state index contributed by atoms with van der Waals surface area (Å²) in [6.07, 6.45) is 0. The number of rotatable bonds is 2. The van der Waals surface area contributed by atoms with Crippen LogP contribution in [0.5, 0.6) is 0 Å². The smallest absolute Gasteiger partial charge is 0.258 e. The maximum Gasteiger partial charge on any atom is 0.446 e. The van der Waals surface area contributed by atoms with Gasteiger partial charge in [0.15, 0.2) is 0 Å². The Labute approximate surface area is 97.7 Å². The third kappa shape index (κ3) is 3.28. The van der Waals surface area contributed by atoms with Gasteiger partial charge in [0, 0.05) is 6.07 Å². The van der Waals surface area contributed by atoms with Gasteiger partial charge < -0.3 is 0 Å². The molecule has 3 nitrogen and oxygen atoms in total. The van der Waals surface area contributed by atoms with E-state index in [0.29, 0.717) is 5.56 Å². The molecule has 1 aromatic rings. The third-order valence-electron chi connectivity index (χ3n) is 1.58. The van der Waals surface area contributed by atoms with Crippen molar-refractivity contribution in [2.45, 2.75) is 17.3 Å². The lowest BCUT2D eigenvalue weighted by Gasteiger charge is -2.08. The van der Waals surface area contributed by atoms with E-state index < -0.39 is 32.8 Å². The van der Waals surface area contributed by atoms with Gasteiger partial charge in [-0.25, -0.2) is 0 Å². The van der Waals surface area contributed by atoms with Crippen LogP contribution in [-0.4, -0.2) is 10.4 Å². The minimum absolute atomic E-state index is 0.269. The fourth-order valence-electron chi connectivity index (χ4n) is 1.06. The molecule has 0 aliphatic rings. The predicted octanol–water partition coefficient (Wildman–Crippen LogP) is 4.17. The summed E-state index contributed by atoms with van der Waals surface area (Å²) < 4.78 is 36.4. The Morgan fingerprint density at radius 3 is 2.44 bits per heavy atom. The van der Waals surface area contributed by atoms with Crippen molar-refractivity contribution in [3.8, 4) is 0 Å². The molecule has 0 saturated heterocycles. The third-order valence-corrected chi connectivity index (χ3v) is 2.86. The van der Waals surface area contributed by atoms with Gasteiger partial charge in [-0.3, -0.25) is 10.1 Å². The van der Waals surface area contributed by atoms with Gasteiger partial charge in [0.05, 0.1) is 9.95 Å². The molecule has 0 fully saturated rings. The van der Waals surface area contributed by atoms with Crippen molar-refractivity contribution in [2.24, 2.45) is 0 Å². The van der Waals surface area contributed by atoms with E-state index >= 15 is 0 Å². The number of benzene rings is 1. The fourth-order valence-corrected chi connectivity index (χ4v) is 2.07. The molecule has 0 heterocycles. The topological polar surface area (TPSA) is 43.1 Å². The Hall–Kier alpha value is -0.950. The number of aryl methyl sites for hydroxylation is 1. The summed E-state index contributed by atoms with van der Waals surface area (Å²) in [5, 5.41) is 10.3. The van der Waals surface area contributed by atoms with Crippen molar-refractivity contribution in [1.29, 1.82) is 0 Å². The standard InChI is InChI=1S/C8H5ClF3NO2S/c1-4-2-5(9)7(16-8(10,11)12)6(3-4)13(14)15/h2-3H,1H3. The number of hydrogen-bond acceptors (Lipinski definition) is 3. The first-order chi connectivity index (χ1) is 7.20. The number of hydrogen-bond donors (Lipinski definition) is 0. The number of nitro benzene ring substituents is 1. The van der Waals surface area contributed by atoms with Gasteiger partial charge in [-0.1, -0.05) is 11.6 Å². The molecule has 1 rings (SSSR count). The molecule has 0 spiro atoms. The molecule has 1 aromatic carbocycles. The molecule has 0 unspecified atom stereocenters. The van der Waals surface area contributed by atoms with Crippen LogP contribution in [0.15, 0.2) is 17.0 Å². The second kappa shape index (κ2) is 4.50. The van der Waals surface area contributed by atoms with E-state index in [9.17, 15) is 23.3 Å². The molecule has 0 atom stereocenters. The Morgan fingerprint density at radius 1 is 1.44 bits per heavy atom. The van der Waals surface area contributed by atoms with Gasteiger partial charge in [-0.2, -0.15) is 13.2 Å². The van der Waals surface area contributed by atoms with Crippen molar-refractivity contribution in [2.75, 3.05) is 0 Å². The highest BCUT2D eigenvalue weighted by molar-refractivity contribution is 8.00. The summed E-state index contributed by atoms with van der Waals surface area (Å²) in [6, 6.07) is 2.31. The molecule has 0 aromatic heterocycles. The second-order valence-corrected chi connectivity index (χ2v) is 4.38. The van der Waals surface area contributed by atoms with E-state index in [1.54, 1.807) is 0 Å². The van der Waals surface area contributed by atoms with Crippen LogP contribution in [0.4, 0.5) is 18.9 Å². The van der Waals surface area contributed by atoms with E-state index in [4.69, 9.17) is 11.6 Å². The molecule has 0 aliphatic heterocycles. The van der Waals surface area contributed by atoms with Crippen LogP contribution in [0, 0.1) is 17.0 Å². The lowest BCUT2D eigenvalue weighted by atomic mass is 10.2. The van der Waals surface area contributed by atoms with Crippen LogP contribution in [0.25, 0.3) is 0 Å². The van der Waals surface area contributed by atoms with Crippen molar-refractivity contribution in [1.82, 2.24) is 0 Å². The van der Waals surface area contributed by atoms with E-state index in [2.05, 4.69) is 0 Å². The highest BCUT2D eigenvalue weighted by atomic mass is 35.5. The van der Waals surface area contributed by atoms with Crippen LogP contribution in [0.1, 0.15) is 5.56 Å². The average molecular weight is 272 g/mol. The molecule has 0 radical (unpaired) electrons. The first-order valence-corrected chi connectivity index (χ1v) is 5.10. The molecule has 0 aliphatic carbocycles. The predicted molar refractivity (Wildman–Crippen MR) is 54.8 cm³/mol. The Balaban J connectivity index is 3.30. The zero-order valence-corrected chi connectivity index (χ0v) is 9.41. The van der Waals surface area contributed by atoms with Gasteiger partial charge in [-0.15, -0.1) is 0 Å². The number of nitro groups is 1. The van der Waals surface area contributed by atoms with Gasteiger partial charge in [0.1, 0.15) is 4.90 Å². The van der Waals surface area contributed by atoms with Crippen molar-refractivity contribution in [3.05, 3.63) is 32.8 Å². The van der Waals surface area contributed by atoms with Crippen LogP contribution in [-0.2, 0) is 0 Å². The maximum atomic E-state index is 12.1. The van der Waals surface area contributed by atoms with Gasteiger partial charge >= 0.3 is 5.51 Å². The van der Waals surface area contributed by atoms with Crippen LogP contribution in [0.3, 0.4) is 0 Å². The van der Waals surface area contributed by atoms with Gasteiger partial charge in [0.2, 0.25) is 0 Å². The maximum absolute atomic E-state index is 12.1. The monoisotopic (exact) mass is 271 g/mol. The zero-order valence-electron chi connectivity index (χ0n) is 7.84. The van der Waals surface area contributed by atoms with Crippen LogP contribution < -0.4 is 0 Å². The molecule has 0 saturated carbocycles.